The van der Waals surface area contributed by atoms with Gasteiger partial charge in [0, 0.05) is 5.56 Å². The molecular weight excluding hydrogens is 186 g/mol. The summed E-state index contributed by atoms with van der Waals surface area (Å²) in [6.07, 6.45) is 0. The van der Waals surface area contributed by atoms with E-state index in [0.29, 0.717) is 5.56 Å². The van der Waals surface area contributed by atoms with Crippen LogP contribution in [0.5, 0.6) is 5.75 Å². The first-order chi connectivity index (χ1) is 6.61. The number of carbonyl (C=O) groups is 2. The van der Waals surface area contributed by atoms with Gasteiger partial charge in [0.1, 0.15) is 12.4 Å². The van der Waals surface area contributed by atoms with Crippen molar-refractivity contribution < 1.29 is 19.4 Å². The van der Waals surface area contributed by atoms with Crippen LogP contribution < -0.4 is 5.73 Å². The average molecular weight is 195 g/mol. The van der Waals surface area contributed by atoms with Gasteiger partial charge in [-0.15, -0.1) is 0 Å². The number of phenols is 1. The number of ether oxygens (including phenoxy) is 1. The fraction of sp³-hybridized carbons (Fsp3) is 0.111. The minimum Gasteiger partial charge on any atom is -0.508 e. The molecule has 0 bridgehead atoms. The summed E-state index contributed by atoms with van der Waals surface area (Å²) in [4.78, 5) is 20.9. The lowest BCUT2D eigenvalue weighted by Gasteiger charge is -2.03. The number of esters is 1. The number of primary amides is 1. The fourth-order valence-electron chi connectivity index (χ4n) is 0.847. The van der Waals surface area contributed by atoms with E-state index in [4.69, 9.17) is 0 Å². The van der Waals surface area contributed by atoms with Gasteiger partial charge in [-0.05, 0) is 6.07 Å². The number of aromatic hydroxyl groups is 1. The first-order valence-electron chi connectivity index (χ1n) is 3.84. The summed E-state index contributed by atoms with van der Waals surface area (Å²) < 4.78 is 4.50. The third kappa shape index (κ3) is 2.48. The third-order valence-electron chi connectivity index (χ3n) is 1.55. The summed E-state index contributed by atoms with van der Waals surface area (Å²) in [6, 6.07) is 6.33. The molecule has 1 aromatic rings. The number of carbonyl (C=O) groups excluding carboxylic acids is 2. The molecule has 0 saturated heterocycles. The average Bonchev–Trinajstić information content (AvgIpc) is 2.16. The van der Waals surface area contributed by atoms with E-state index in [1.165, 1.54) is 6.07 Å². The zero-order valence-corrected chi connectivity index (χ0v) is 7.27. The summed E-state index contributed by atoms with van der Waals surface area (Å²) in [5.74, 6) is -2.27. The lowest BCUT2D eigenvalue weighted by atomic mass is 10.2. The molecule has 3 N–H and O–H groups in total. The fourth-order valence-corrected chi connectivity index (χ4v) is 0.847. The molecule has 74 valence electrons. The van der Waals surface area contributed by atoms with Crippen LogP contribution in [0.25, 0.3) is 0 Å². The molecule has 0 atom stereocenters. The molecule has 1 rings (SSSR count). The molecule has 0 aromatic heterocycles. The lowest BCUT2D eigenvalue weighted by molar-refractivity contribution is -0.154. The molecule has 0 spiro atoms. The van der Waals surface area contributed by atoms with Crippen LogP contribution in [-0.4, -0.2) is 17.0 Å². The summed E-state index contributed by atoms with van der Waals surface area (Å²) in [7, 11) is 0. The lowest BCUT2D eigenvalue weighted by Crippen LogP contribution is -2.25. The predicted molar refractivity (Wildman–Crippen MR) is 47.1 cm³/mol. The van der Waals surface area contributed by atoms with Crippen molar-refractivity contribution >= 4 is 11.9 Å². The Morgan fingerprint density at radius 2 is 2.00 bits per heavy atom. The zero-order valence-electron chi connectivity index (χ0n) is 7.27. The number of hydrogen-bond donors (Lipinski definition) is 2. The van der Waals surface area contributed by atoms with Gasteiger partial charge in [0.15, 0.2) is 0 Å². The molecule has 0 radical (unpaired) electrons. The Morgan fingerprint density at radius 1 is 1.36 bits per heavy atom. The minimum absolute atomic E-state index is 0.00442. The van der Waals surface area contributed by atoms with Crippen LogP contribution in [0.15, 0.2) is 24.3 Å². The van der Waals surface area contributed by atoms with Gasteiger partial charge < -0.3 is 15.6 Å². The molecule has 0 saturated carbocycles. The van der Waals surface area contributed by atoms with E-state index >= 15 is 0 Å². The highest BCUT2D eigenvalue weighted by Gasteiger charge is 2.10. The Hall–Kier alpha value is -2.04. The van der Waals surface area contributed by atoms with E-state index in [1.54, 1.807) is 18.2 Å². The second-order valence-electron chi connectivity index (χ2n) is 2.57. The largest absolute Gasteiger partial charge is 0.508 e. The SMILES string of the molecule is NC(=O)C(=O)OCc1ccccc1O. The first-order valence-corrected chi connectivity index (χ1v) is 3.84. The Labute approximate surface area is 80.1 Å². The predicted octanol–water partition coefficient (Wildman–Crippen LogP) is -0.0793. The van der Waals surface area contributed by atoms with Crippen molar-refractivity contribution in [2.24, 2.45) is 5.73 Å². The number of benzene rings is 1. The summed E-state index contributed by atoms with van der Waals surface area (Å²) in [6.45, 7) is -0.172. The normalized spacial score (nSPS) is 9.43. The van der Waals surface area contributed by atoms with E-state index < -0.39 is 11.9 Å². The molecular formula is C9H9NO4. The highest BCUT2D eigenvalue weighted by atomic mass is 16.5. The molecule has 0 aliphatic carbocycles. The third-order valence-corrected chi connectivity index (χ3v) is 1.55. The van der Waals surface area contributed by atoms with Gasteiger partial charge >= 0.3 is 11.9 Å². The number of nitrogens with two attached hydrogens (primary N) is 1. The number of amides is 1. The second-order valence-corrected chi connectivity index (χ2v) is 2.57. The number of hydrogen-bond acceptors (Lipinski definition) is 4. The maximum absolute atomic E-state index is 10.6. The highest BCUT2D eigenvalue weighted by Crippen LogP contribution is 2.16. The smallest absolute Gasteiger partial charge is 0.396 e. The van der Waals surface area contributed by atoms with E-state index in [1.807, 2.05) is 0 Å². The van der Waals surface area contributed by atoms with Crippen molar-refractivity contribution in [3.8, 4) is 5.75 Å². The van der Waals surface area contributed by atoms with Crippen molar-refractivity contribution in [3.05, 3.63) is 29.8 Å². The van der Waals surface area contributed by atoms with E-state index in [0.717, 1.165) is 0 Å². The van der Waals surface area contributed by atoms with Crippen molar-refractivity contribution in [3.63, 3.8) is 0 Å². The van der Waals surface area contributed by atoms with Crippen LogP contribution in [0, 0.1) is 0 Å². The number of para-hydroxylation sites is 1. The van der Waals surface area contributed by atoms with Gasteiger partial charge in [-0.3, -0.25) is 4.79 Å². The Morgan fingerprint density at radius 3 is 2.57 bits per heavy atom. The number of phenolic OH excluding ortho intramolecular Hbond substituents is 1. The molecule has 5 heteroatoms. The molecule has 0 fully saturated rings. The molecule has 5 nitrogen and oxygen atoms in total. The molecule has 1 aromatic carbocycles. The van der Waals surface area contributed by atoms with Gasteiger partial charge in [-0.2, -0.15) is 0 Å². The second kappa shape index (κ2) is 4.27. The van der Waals surface area contributed by atoms with E-state index in [-0.39, 0.29) is 12.4 Å². The van der Waals surface area contributed by atoms with Crippen LogP contribution in [0.3, 0.4) is 0 Å². The maximum atomic E-state index is 10.6. The molecule has 0 aliphatic heterocycles. The molecule has 14 heavy (non-hydrogen) atoms. The quantitative estimate of drug-likeness (QED) is 0.510. The van der Waals surface area contributed by atoms with Crippen molar-refractivity contribution in [2.45, 2.75) is 6.61 Å². The topological polar surface area (TPSA) is 89.6 Å². The summed E-state index contributed by atoms with van der Waals surface area (Å²) in [5.41, 5.74) is 5.08. The van der Waals surface area contributed by atoms with E-state index in [9.17, 15) is 14.7 Å². The van der Waals surface area contributed by atoms with Gasteiger partial charge in [0.05, 0.1) is 0 Å². The molecule has 0 aliphatic rings. The van der Waals surface area contributed by atoms with Crippen LogP contribution in [-0.2, 0) is 20.9 Å². The van der Waals surface area contributed by atoms with Gasteiger partial charge in [0.25, 0.3) is 0 Å². The standard InChI is InChI=1S/C9H9NO4/c10-8(12)9(13)14-5-6-3-1-2-4-7(6)11/h1-4,11H,5H2,(H2,10,12). The van der Waals surface area contributed by atoms with Gasteiger partial charge in [-0.1, -0.05) is 18.2 Å². The summed E-state index contributed by atoms with van der Waals surface area (Å²) >= 11 is 0. The van der Waals surface area contributed by atoms with Crippen molar-refractivity contribution in [2.75, 3.05) is 0 Å². The van der Waals surface area contributed by atoms with Gasteiger partial charge in [-0.25, -0.2) is 4.79 Å². The molecule has 0 unspecified atom stereocenters. The monoisotopic (exact) mass is 195 g/mol. The highest BCUT2D eigenvalue weighted by molar-refractivity contribution is 6.31. The Balaban J connectivity index is 2.58. The maximum Gasteiger partial charge on any atom is 0.396 e. The van der Waals surface area contributed by atoms with Gasteiger partial charge in [0.2, 0.25) is 0 Å². The van der Waals surface area contributed by atoms with Crippen molar-refractivity contribution in [1.82, 2.24) is 0 Å². The summed E-state index contributed by atoms with van der Waals surface area (Å²) in [5, 5.41) is 9.25. The van der Waals surface area contributed by atoms with Crippen LogP contribution in [0.1, 0.15) is 5.56 Å². The van der Waals surface area contributed by atoms with Crippen LogP contribution in [0.2, 0.25) is 0 Å². The van der Waals surface area contributed by atoms with Crippen LogP contribution in [0.4, 0.5) is 0 Å². The van der Waals surface area contributed by atoms with E-state index in [2.05, 4.69) is 10.5 Å². The van der Waals surface area contributed by atoms with Crippen LogP contribution >= 0.6 is 0 Å². The Bertz CT molecular complexity index is 362. The molecule has 1 amide bonds. The Kier molecular flexibility index (Phi) is 3.06. The molecule has 0 heterocycles. The minimum atomic E-state index is -1.15. The zero-order chi connectivity index (χ0) is 10.6. The van der Waals surface area contributed by atoms with Crippen molar-refractivity contribution in [1.29, 1.82) is 0 Å². The first kappa shape index (κ1) is 10.0. The number of rotatable bonds is 2.